The molecular weight excluding hydrogens is 288 g/mol. The number of hydrogen-bond acceptors (Lipinski definition) is 3. The van der Waals surface area contributed by atoms with Crippen LogP contribution in [-0.2, 0) is 4.74 Å². The highest BCUT2D eigenvalue weighted by molar-refractivity contribution is 5.99. The molecule has 4 nitrogen and oxygen atoms in total. The van der Waals surface area contributed by atoms with Crippen LogP contribution in [-0.4, -0.2) is 17.4 Å². The van der Waals surface area contributed by atoms with Gasteiger partial charge in [0.1, 0.15) is 5.60 Å². The van der Waals surface area contributed by atoms with Crippen molar-refractivity contribution in [1.29, 1.82) is 0 Å². The molecule has 1 aliphatic carbocycles. The van der Waals surface area contributed by atoms with Crippen LogP contribution in [0.25, 0.3) is 0 Å². The number of hydrogen-bond donors (Lipinski definition) is 1. The minimum atomic E-state index is -0.532. The lowest BCUT2D eigenvalue weighted by atomic mass is 9.84. The second-order valence-electron chi connectivity index (χ2n) is 7.27. The van der Waals surface area contributed by atoms with Gasteiger partial charge in [0, 0.05) is 0 Å². The van der Waals surface area contributed by atoms with Crippen LogP contribution >= 0.6 is 0 Å². The van der Waals surface area contributed by atoms with Crippen LogP contribution in [0.4, 0.5) is 4.79 Å². The Kier molecular flexibility index (Phi) is 5.80. The second kappa shape index (κ2) is 7.62. The predicted molar refractivity (Wildman–Crippen MR) is 93.8 cm³/mol. The van der Waals surface area contributed by atoms with Gasteiger partial charge in [0.2, 0.25) is 0 Å². The summed E-state index contributed by atoms with van der Waals surface area (Å²) in [6.45, 7) is 7.36. The van der Waals surface area contributed by atoms with Crippen LogP contribution in [0.3, 0.4) is 0 Å². The number of nitrogens with one attached hydrogen (secondary N) is 1. The maximum absolute atomic E-state index is 11.6. The summed E-state index contributed by atoms with van der Waals surface area (Å²) >= 11 is 0. The Morgan fingerprint density at radius 2 is 1.74 bits per heavy atom. The Morgan fingerprint density at radius 3 is 2.30 bits per heavy atom. The first kappa shape index (κ1) is 17.5. The quantitative estimate of drug-likeness (QED) is 0.631. The smallest absolute Gasteiger partial charge is 0.428 e. The van der Waals surface area contributed by atoms with Gasteiger partial charge in [-0.25, -0.2) is 10.2 Å². The third kappa shape index (κ3) is 5.70. The van der Waals surface area contributed by atoms with Crippen LogP contribution in [0.2, 0.25) is 0 Å². The van der Waals surface area contributed by atoms with Gasteiger partial charge >= 0.3 is 6.09 Å². The van der Waals surface area contributed by atoms with E-state index in [2.05, 4.69) is 34.8 Å². The van der Waals surface area contributed by atoms with Crippen LogP contribution in [0, 0.1) is 0 Å². The molecule has 23 heavy (non-hydrogen) atoms. The van der Waals surface area contributed by atoms with Crippen molar-refractivity contribution in [1.82, 2.24) is 5.43 Å². The van der Waals surface area contributed by atoms with E-state index in [1.54, 1.807) is 0 Å². The minimum Gasteiger partial charge on any atom is -0.443 e. The lowest BCUT2D eigenvalue weighted by Gasteiger charge is -2.22. The fraction of sp³-hybridized carbons (Fsp3) is 0.579. The molecule has 1 fully saturated rings. The molecule has 0 unspecified atom stereocenters. The average molecular weight is 316 g/mol. The molecule has 1 aromatic rings. The highest BCUT2D eigenvalue weighted by Gasteiger charge is 2.16. The fourth-order valence-corrected chi connectivity index (χ4v) is 2.93. The largest absolute Gasteiger partial charge is 0.443 e. The zero-order valence-corrected chi connectivity index (χ0v) is 14.7. The van der Waals surface area contributed by atoms with E-state index in [9.17, 15) is 4.79 Å². The maximum Gasteiger partial charge on any atom is 0.428 e. The number of ether oxygens (including phenoxy) is 1. The molecule has 0 spiro atoms. The first-order valence-electron chi connectivity index (χ1n) is 8.49. The normalized spacial score (nSPS) is 17.0. The van der Waals surface area contributed by atoms with E-state index in [0.29, 0.717) is 5.92 Å². The summed E-state index contributed by atoms with van der Waals surface area (Å²) in [7, 11) is 0. The molecule has 0 saturated heterocycles. The first-order valence-corrected chi connectivity index (χ1v) is 8.49. The number of hydrazone groups is 1. The lowest BCUT2D eigenvalue weighted by Crippen LogP contribution is -2.30. The highest BCUT2D eigenvalue weighted by Crippen LogP contribution is 2.32. The molecule has 4 heteroatoms. The summed E-state index contributed by atoms with van der Waals surface area (Å²) < 4.78 is 5.17. The van der Waals surface area contributed by atoms with E-state index < -0.39 is 11.7 Å². The molecule has 0 bridgehead atoms. The van der Waals surface area contributed by atoms with Crippen molar-refractivity contribution in [2.75, 3.05) is 0 Å². The molecule has 0 heterocycles. The molecule has 0 radical (unpaired) electrons. The average Bonchev–Trinajstić information content (AvgIpc) is 2.52. The summed E-state index contributed by atoms with van der Waals surface area (Å²) in [4.78, 5) is 11.6. The first-order chi connectivity index (χ1) is 10.8. The molecule has 1 amide bonds. The molecule has 1 saturated carbocycles. The van der Waals surface area contributed by atoms with Crippen molar-refractivity contribution in [3.63, 3.8) is 0 Å². The molecule has 0 aromatic heterocycles. The summed E-state index contributed by atoms with van der Waals surface area (Å²) in [5, 5.41) is 4.11. The van der Waals surface area contributed by atoms with Crippen LogP contribution in [0.15, 0.2) is 29.4 Å². The van der Waals surface area contributed by atoms with E-state index in [0.717, 1.165) is 11.3 Å². The van der Waals surface area contributed by atoms with Gasteiger partial charge in [-0.3, -0.25) is 0 Å². The zero-order chi connectivity index (χ0) is 16.9. The number of amides is 1. The molecule has 126 valence electrons. The van der Waals surface area contributed by atoms with E-state index in [1.807, 2.05) is 27.7 Å². The number of benzene rings is 1. The van der Waals surface area contributed by atoms with Crippen molar-refractivity contribution in [2.24, 2.45) is 5.10 Å². The fourth-order valence-electron chi connectivity index (χ4n) is 2.93. The van der Waals surface area contributed by atoms with Gasteiger partial charge in [-0.15, -0.1) is 0 Å². The molecule has 1 N–H and O–H groups in total. The summed E-state index contributed by atoms with van der Waals surface area (Å²) in [6.07, 6.45) is 6.12. The molecule has 0 atom stereocenters. The second-order valence-corrected chi connectivity index (χ2v) is 7.27. The Balaban J connectivity index is 1.95. The Morgan fingerprint density at radius 1 is 1.13 bits per heavy atom. The van der Waals surface area contributed by atoms with Crippen LogP contribution < -0.4 is 5.43 Å². The molecule has 1 aromatic carbocycles. The van der Waals surface area contributed by atoms with Crippen molar-refractivity contribution >= 4 is 11.8 Å². The van der Waals surface area contributed by atoms with Crippen LogP contribution in [0.5, 0.6) is 0 Å². The predicted octanol–water partition coefficient (Wildman–Crippen LogP) is 4.98. The lowest BCUT2D eigenvalue weighted by molar-refractivity contribution is 0.0529. The number of rotatable bonds is 3. The summed E-state index contributed by atoms with van der Waals surface area (Å²) in [5.74, 6) is 0.704. The molecule has 2 rings (SSSR count). The number of nitrogens with zero attached hydrogens (tertiary/aromatic N) is 1. The van der Waals surface area contributed by atoms with E-state index >= 15 is 0 Å². The van der Waals surface area contributed by atoms with E-state index in [-0.39, 0.29) is 0 Å². The highest BCUT2D eigenvalue weighted by atomic mass is 16.6. The Labute approximate surface area is 139 Å². The van der Waals surface area contributed by atoms with Crippen molar-refractivity contribution in [3.05, 3.63) is 35.4 Å². The van der Waals surface area contributed by atoms with Crippen molar-refractivity contribution < 1.29 is 9.53 Å². The molecule has 1 aliphatic rings. The molecular formula is C19H28N2O2. The number of carbonyl (C=O) groups is 1. The SMILES string of the molecule is C/C(=N\NC(=O)OC(C)(C)C)c1ccc(C2CCCCC2)cc1. The third-order valence-electron chi connectivity index (χ3n) is 4.12. The molecule has 0 aliphatic heterocycles. The standard InChI is InChI=1S/C19H28N2O2/c1-14(20-21-18(22)23-19(2,3)4)15-10-12-17(13-11-15)16-8-6-5-7-9-16/h10-13,16H,5-9H2,1-4H3,(H,21,22)/b20-14+. The van der Waals surface area contributed by atoms with E-state index in [4.69, 9.17) is 4.74 Å². The maximum atomic E-state index is 11.6. The number of carbonyl (C=O) groups excluding carboxylic acids is 1. The van der Waals surface area contributed by atoms with Gasteiger partial charge in [0.05, 0.1) is 5.71 Å². The summed E-state index contributed by atoms with van der Waals surface area (Å²) in [5.41, 5.74) is 5.13. The van der Waals surface area contributed by atoms with Crippen LogP contribution in [0.1, 0.15) is 76.8 Å². The van der Waals surface area contributed by atoms with E-state index in [1.165, 1.54) is 37.7 Å². The van der Waals surface area contributed by atoms with Gasteiger partial charge < -0.3 is 4.74 Å². The summed E-state index contributed by atoms with van der Waals surface area (Å²) in [6, 6.07) is 8.55. The van der Waals surface area contributed by atoms with Gasteiger partial charge in [-0.1, -0.05) is 43.5 Å². The topological polar surface area (TPSA) is 50.7 Å². The zero-order valence-electron chi connectivity index (χ0n) is 14.7. The van der Waals surface area contributed by atoms with Gasteiger partial charge in [-0.05, 0) is 57.6 Å². The van der Waals surface area contributed by atoms with Gasteiger partial charge in [0.15, 0.2) is 0 Å². The van der Waals surface area contributed by atoms with Gasteiger partial charge in [-0.2, -0.15) is 5.10 Å². The Bertz CT molecular complexity index is 550. The Hall–Kier alpha value is -1.84. The minimum absolute atomic E-state index is 0.519. The van der Waals surface area contributed by atoms with Gasteiger partial charge in [0.25, 0.3) is 0 Å². The third-order valence-corrected chi connectivity index (χ3v) is 4.12. The monoisotopic (exact) mass is 316 g/mol. The van der Waals surface area contributed by atoms with Crippen molar-refractivity contribution in [3.8, 4) is 0 Å². The van der Waals surface area contributed by atoms with Crippen molar-refractivity contribution in [2.45, 2.75) is 71.3 Å².